The van der Waals surface area contributed by atoms with Crippen molar-refractivity contribution in [2.45, 2.75) is 45.2 Å². The Hall–Kier alpha value is -2.35. The SMILES string of the molecule is COCCn1c(=O)c2c(nc3n(C4CCCC4)c(C)cn23)n(C)c1=O. The van der Waals surface area contributed by atoms with Crippen LogP contribution in [0.5, 0.6) is 0 Å². The first-order valence-corrected chi connectivity index (χ1v) is 8.73. The van der Waals surface area contributed by atoms with Gasteiger partial charge >= 0.3 is 5.69 Å². The molecule has 0 saturated heterocycles. The second-order valence-corrected chi connectivity index (χ2v) is 6.82. The van der Waals surface area contributed by atoms with Crippen molar-refractivity contribution in [3.63, 3.8) is 0 Å². The summed E-state index contributed by atoms with van der Waals surface area (Å²) in [5.74, 6) is 0.746. The van der Waals surface area contributed by atoms with Gasteiger partial charge in [0.25, 0.3) is 5.56 Å². The first-order valence-electron chi connectivity index (χ1n) is 8.73. The van der Waals surface area contributed by atoms with E-state index in [1.807, 2.05) is 17.5 Å². The number of hydrogen-bond acceptors (Lipinski definition) is 4. The maximum absolute atomic E-state index is 12.9. The second kappa shape index (κ2) is 5.87. The minimum Gasteiger partial charge on any atom is -0.383 e. The summed E-state index contributed by atoms with van der Waals surface area (Å²) < 4.78 is 11.8. The highest BCUT2D eigenvalue weighted by atomic mass is 16.5. The van der Waals surface area contributed by atoms with Gasteiger partial charge in [0.2, 0.25) is 5.78 Å². The number of fused-ring (bicyclic) bond motifs is 3. The number of nitrogens with zero attached hydrogens (tertiary/aromatic N) is 5. The predicted octanol–water partition coefficient (Wildman–Crippen LogP) is 1.22. The molecule has 3 aromatic rings. The lowest BCUT2D eigenvalue weighted by molar-refractivity contribution is 0.184. The van der Waals surface area contributed by atoms with Crippen molar-refractivity contribution in [1.82, 2.24) is 23.1 Å². The first kappa shape index (κ1) is 16.1. The summed E-state index contributed by atoms with van der Waals surface area (Å²) in [7, 11) is 3.21. The van der Waals surface area contributed by atoms with Crippen LogP contribution >= 0.6 is 0 Å². The van der Waals surface area contributed by atoms with Crippen molar-refractivity contribution in [3.05, 3.63) is 32.7 Å². The first-order chi connectivity index (χ1) is 12.0. The maximum Gasteiger partial charge on any atom is 0.332 e. The highest BCUT2D eigenvalue weighted by Crippen LogP contribution is 2.32. The molecule has 1 aliphatic rings. The summed E-state index contributed by atoms with van der Waals surface area (Å²) >= 11 is 0. The van der Waals surface area contributed by atoms with E-state index in [1.54, 1.807) is 14.2 Å². The van der Waals surface area contributed by atoms with Crippen LogP contribution in [0.25, 0.3) is 16.9 Å². The molecule has 4 rings (SSSR count). The monoisotopic (exact) mass is 345 g/mol. The van der Waals surface area contributed by atoms with E-state index in [9.17, 15) is 9.59 Å². The second-order valence-electron chi connectivity index (χ2n) is 6.82. The molecule has 0 spiro atoms. The third-order valence-corrected chi connectivity index (χ3v) is 5.28. The molecule has 3 aromatic heterocycles. The molecule has 134 valence electrons. The summed E-state index contributed by atoms with van der Waals surface area (Å²) in [6.07, 6.45) is 6.65. The Morgan fingerprint density at radius 2 is 2.00 bits per heavy atom. The lowest BCUT2D eigenvalue weighted by atomic mass is 10.2. The number of ether oxygens (including phenoxy) is 1. The molecule has 0 unspecified atom stereocenters. The number of rotatable bonds is 4. The third-order valence-electron chi connectivity index (χ3n) is 5.28. The summed E-state index contributed by atoms with van der Waals surface area (Å²) in [4.78, 5) is 30.1. The number of imidazole rings is 2. The summed E-state index contributed by atoms with van der Waals surface area (Å²) in [5.41, 5.74) is 1.30. The molecule has 0 atom stereocenters. The molecule has 1 aliphatic carbocycles. The smallest absolute Gasteiger partial charge is 0.332 e. The van der Waals surface area contributed by atoms with E-state index in [-0.39, 0.29) is 17.8 Å². The largest absolute Gasteiger partial charge is 0.383 e. The number of aryl methyl sites for hydroxylation is 2. The Bertz CT molecular complexity index is 1060. The van der Waals surface area contributed by atoms with Crippen LogP contribution in [0.2, 0.25) is 0 Å². The van der Waals surface area contributed by atoms with Gasteiger partial charge < -0.3 is 9.30 Å². The Kier molecular flexibility index (Phi) is 3.79. The van der Waals surface area contributed by atoms with Crippen molar-refractivity contribution in [3.8, 4) is 0 Å². The lowest BCUT2D eigenvalue weighted by Crippen LogP contribution is -2.40. The van der Waals surface area contributed by atoms with Crippen LogP contribution < -0.4 is 11.2 Å². The highest BCUT2D eigenvalue weighted by molar-refractivity contribution is 5.75. The number of aromatic nitrogens is 5. The molecule has 1 fully saturated rings. The fraction of sp³-hybridized carbons (Fsp3) is 0.588. The Morgan fingerprint density at radius 1 is 1.28 bits per heavy atom. The summed E-state index contributed by atoms with van der Waals surface area (Å²) in [6.45, 7) is 2.59. The third kappa shape index (κ3) is 2.27. The predicted molar refractivity (Wildman–Crippen MR) is 94.3 cm³/mol. The minimum atomic E-state index is -0.362. The Balaban J connectivity index is 2.04. The minimum absolute atomic E-state index is 0.230. The molecule has 0 bridgehead atoms. The molecule has 0 N–H and O–H groups in total. The average molecular weight is 345 g/mol. The molecule has 8 nitrogen and oxygen atoms in total. The van der Waals surface area contributed by atoms with E-state index in [0.29, 0.717) is 23.8 Å². The highest BCUT2D eigenvalue weighted by Gasteiger charge is 2.25. The van der Waals surface area contributed by atoms with Gasteiger partial charge in [-0.1, -0.05) is 12.8 Å². The molecule has 0 amide bonds. The molecular weight excluding hydrogens is 322 g/mol. The lowest BCUT2D eigenvalue weighted by Gasteiger charge is -2.13. The van der Waals surface area contributed by atoms with Gasteiger partial charge in [-0.25, -0.2) is 4.79 Å². The van der Waals surface area contributed by atoms with Gasteiger partial charge in [0.15, 0.2) is 11.2 Å². The topological polar surface area (TPSA) is 75.5 Å². The molecule has 3 heterocycles. The molecule has 0 radical (unpaired) electrons. The standard InChI is InChI=1S/C17H23N5O3/c1-11-10-21-13-14(18-16(21)22(11)12-6-4-5-7-12)19(2)17(24)20(15(13)23)8-9-25-3/h10,12H,4-9H2,1-3H3. The average Bonchev–Trinajstić information content (AvgIpc) is 3.28. The number of hydrogen-bond donors (Lipinski definition) is 0. The van der Waals surface area contributed by atoms with Gasteiger partial charge in [0.1, 0.15) is 0 Å². The van der Waals surface area contributed by atoms with Crippen LogP contribution in [0.4, 0.5) is 0 Å². The maximum atomic E-state index is 12.9. The molecule has 25 heavy (non-hydrogen) atoms. The van der Waals surface area contributed by atoms with Crippen LogP contribution in [0.3, 0.4) is 0 Å². The van der Waals surface area contributed by atoms with Gasteiger partial charge in [-0.05, 0) is 19.8 Å². The van der Waals surface area contributed by atoms with Crippen molar-refractivity contribution >= 4 is 16.9 Å². The van der Waals surface area contributed by atoms with Crippen molar-refractivity contribution in [2.75, 3.05) is 13.7 Å². The number of methoxy groups -OCH3 is 1. The van der Waals surface area contributed by atoms with E-state index in [2.05, 4.69) is 9.55 Å². The van der Waals surface area contributed by atoms with Crippen LogP contribution in [0.15, 0.2) is 15.8 Å². The van der Waals surface area contributed by atoms with Crippen LogP contribution in [0, 0.1) is 6.92 Å². The van der Waals surface area contributed by atoms with Gasteiger partial charge in [-0.2, -0.15) is 4.98 Å². The Labute approximate surface area is 144 Å². The van der Waals surface area contributed by atoms with E-state index < -0.39 is 0 Å². The van der Waals surface area contributed by atoms with Gasteiger partial charge in [-0.3, -0.25) is 18.3 Å². The molecule has 0 aromatic carbocycles. The van der Waals surface area contributed by atoms with E-state index in [0.717, 1.165) is 24.3 Å². The fourth-order valence-electron chi connectivity index (χ4n) is 4.02. The normalized spacial score (nSPS) is 15.8. The summed E-state index contributed by atoms with van der Waals surface area (Å²) in [5, 5.41) is 0. The molecule has 8 heteroatoms. The molecule has 1 saturated carbocycles. The van der Waals surface area contributed by atoms with Crippen molar-refractivity contribution < 1.29 is 4.74 Å². The van der Waals surface area contributed by atoms with Gasteiger partial charge in [0, 0.05) is 32.1 Å². The summed E-state index contributed by atoms with van der Waals surface area (Å²) in [6, 6.07) is 0.419. The van der Waals surface area contributed by atoms with E-state index >= 15 is 0 Å². The van der Waals surface area contributed by atoms with Crippen molar-refractivity contribution in [1.29, 1.82) is 0 Å². The Morgan fingerprint density at radius 3 is 2.68 bits per heavy atom. The zero-order chi connectivity index (χ0) is 17.7. The molecule has 0 aliphatic heterocycles. The van der Waals surface area contributed by atoms with E-state index in [1.165, 1.54) is 22.0 Å². The van der Waals surface area contributed by atoms with Crippen LogP contribution in [-0.4, -0.2) is 36.8 Å². The fourth-order valence-corrected chi connectivity index (χ4v) is 4.02. The van der Waals surface area contributed by atoms with Crippen LogP contribution in [0.1, 0.15) is 37.4 Å². The van der Waals surface area contributed by atoms with Crippen LogP contribution in [-0.2, 0) is 18.3 Å². The van der Waals surface area contributed by atoms with Gasteiger partial charge in [0.05, 0.1) is 13.2 Å². The zero-order valence-electron chi connectivity index (χ0n) is 14.9. The van der Waals surface area contributed by atoms with Crippen molar-refractivity contribution in [2.24, 2.45) is 7.05 Å². The quantitative estimate of drug-likeness (QED) is 0.712. The van der Waals surface area contributed by atoms with E-state index in [4.69, 9.17) is 4.74 Å². The molecular formula is C17H23N5O3. The zero-order valence-corrected chi connectivity index (χ0v) is 14.9. The van der Waals surface area contributed by atoms with Gasteiger partial charge in [-0.15, -0.1) is 0 Å².